The van der Waals surface area contributed by atoms with Gasteiger partial charge in [0.1, 0.15) is 0 Å². The first-order valence-corrected chi connectivity index (χ1v) is 7.46. The van der Waals surface area contributed by atoms with Crippen molar-refractivity contribution in [3.8, 4) is 0 Å². The molecule has 0 bridgehead atoms. The van der Waals surface area contributed by atoms with Gasteiger partial charge in [0.2, 0.25) is 0 Å². The monoisotopic (exact) mass is 318 g/mol. The molecule has 22 heavy (non-hydrogen) atoms. The van der Waals surface area contributed by atoms with Crippen LogP contribution in [0.1, 0.15) is 24.1 Å². The molecule has 0 amide bonds. The molecule has 0 spiro atoms. The van der Waals surface area contributed by atoms with Gasteiger partial charge in [-0.2, -0.15) is 0 Å². The van der Waals surface area contributed by atoms with Crippen LogP contribution in [0, 0.1) is 5.92 Å². The Morgan fingerprint density at radius 2 is 2.05 bits per heavy atom. The molecular formula is C17H19ClN2O2. The lowest BCUT2D eigenvalue weighted by Crippen LogP contribution is -2.31. The maximum Gasteiger partial charge on any atom is 0.310 e. The Morgan fingerprint density at radius 3 is 2.68 bits per heavy atom. The van der Waals surface area contributed by atoms with E-state index >= 15 is 0 Å². The number of benzene rings is 1. The van der Waals surface area contributed by atoms with Crippen LogP contribution >= 0.6 is 11.6 Å². The average Bonchev–Trinajstić information content (AvgIpc) is 2.56. The number of halogens is 1. The van der Waals surface area contributed by atoms with Crippen LogP contribution in [0.3, 0.4) is 0 Å². The molecule has 0 saturated heterocycles. The van der Waals surface area contributed by atoms with Crippen LogP contribution in [-0.4, -0.2) is 18.1 Å². The first-order valence-electron chi connectivity index (χ1n) is 7.08. The Bertz CT molecular complexity index is 619. The number of rotatable bonds is 6. The van der Waals surface area contributed by atoms with Gasteiger partial charge in [-0.05, 0) is 17.2 Å². The molecule has 0 aliphatic heterocycles. The molecule has 2 rings (SSSR count). The zero-order valence-electron chi connectivity index (χ0n) is 12.6. The molecule has 2 unspecified atom stereocenters. The molecular weight excluding hydrogens is 300 g/mol. The van der Waals surface area contributed by atoms with E-state index in [0.29, 0.717) is 11.6 Å². The molecule has 1 heterocycles. The first kappa shape index (κ1) is 16.5. The van der Waals surface area contributed by atoms with Crippen molar-refractivity contribution in [2.75, 3.05) is 7.11 Å². The van der Waals surface area contributed by atoms with Crippen LogP contribution in [0.25, 0.3) is 0 Å². The highest BCUT2D eigenvalue weighted by atomic mass is 35.5. The number of pyridine rings is 1. The Labute approximate surface area is 135 Å². The van der Waals surface area contributed by atoms with E-state index in [9.17, 15) is 4.79 Å². The number of hydrogen-bond acceptors (Lipinski definition) is 4. The number of nitrogens with one attached hydrogen (secondary N) is 1. The first-order chi connectivity index (χ1) is 10.6. The standard InChI is InChI=1S/C17H19ClN2O2/c1-12(17(21)22-2)16(13-6-4-3-5-7-13)20-10-14-8-9-19-11-15(14)18/h3-9,11-12,16,20H,10H2,1-2H3. The summed E-state index contributed by atoms with van der Waals surface area (Å²) in [4.78, 5) is 15.9. The fourth-order valence-electron chi connectivity index (χ4n) is 2.33. The minimum Gasteiger partial charge on any atom is -0.469 e. The molecule has 0 aliphatic rings. The lowest BCUT2D eigenvalue weighted by Gasteiger charge is -2.24. The quantitative estimate of drug-likeness (QED) is 0.830. The van der Waals surface area contributed by atoms with Gasteiger partial charge in [0, 0.05) is 25.0 Å². The van der Waals surface area contributed by atoms with Gasteiger partial charge >= 0.3 is 5.97 Å². The molecule has 1 aromatic heterocycles. The van der Waals surface area contributed by atoms with E-state index in [4.69, 9.17) is 16.3 Å². The topological polar surface area (TPSA) is 51.2 Å². The number of carbonyl (C=O) groups excluding carboxylic acids is 1. The van der Waals surface area contributed by atoms with Crippen LogP contribution in [0.5, 0.6) is 0 Å². The molecule has 2 atom stereocenters. The SMILES string of the molecule is COC(=O)C(C)C(NCc1ccncc1Cl)c1ccccc1. The lowest BCUT2D eigenvalue weighted by molar-refractivity contribution is -0.145. The van der Waals surface area contributed by atoms with Crippen molar-refractivity contribution < 1.29 is 9.53 Å². The van der Waals surface area contributed by atoms with Gasteiger partial charge in [-0.1, -0.05) is 48.9 Å². The third-order valence-electron chi connectivity index (χ3n) is 3.60. The third kappa shape index (κ3) is 4.06. The average molecular weight is 319 g/mol. The third-order valence-corrected chi connectivity index (χ3v) is 3.94. The molecule has 116 valence electrons. The van der Waals surface area contributed by atoms with Crippen LogP contribution in [0.4, 0.5) is 0 Å². The highest BCUT2D eigenvalue weighted by molar-refractivity contribution is 6.31. The highest BCUT2D eigenvalue weighted by Gasteiger charge is 2.25. The van der Waals surface area contributed by atoms with Gasteiger partial charge in [0.25, 0.3) is 0 Å². The Hall–Kier alpha value is -1.91. The molecule has 1 aromatic carbocycles. The van der Waals surface area contributed by atoms with Gasteiger partial charge in [0.15, 0.2) is 0 Å². The molecule has 0 fully saturated rings. The van der Waals surface area contributed by atoms with Crippen LogP contribution in [-0.2, 0) is 16.1 Å². The maximum absolute atomic E-state index is 11.9. The maximum atomic E-state index is 11.9. The number of hydrogen-bond donors (Lipinski definition) is 1. The number of nitrogens with zero attached hydrogens (tertiary/aromatic N) is 1. The number of esters is 1. The Balaban J connectivity index is 2.18. The van der Waals surface area contributed by atoms with Gasteiger partial charge in [-0.15, -0.1) is 0 Å². The van der Waals surface area contributed by atoms with Gasteiger partial charge < -0.3 is 10.1 Å². The summed E-state index contributed by atoms with van der Waals surface area (Å²) in [6, 6.07) is 11.5. The number of carbonyl (C=O) groups is 1. The van der Waals surface area contributed by atoms with Gasteiger partial charge in [-0.25, -0.2) is 0 Å². The summed E-state index contributed by atoms with van der Waals surface area (Å²) < 4.78 is 4.88. The van der Waals surface area contributed by atoms with Crippen molar-refractivity contribution in [1.82, 2.24) is 10.3 Å². The minimum atomic E-state index is -0.312. The van der Waals surface area contributed by atoms with Crippen molar-refractivity contribution in [2.45, 2.75) is 19.5 Å². The fraction of sp³-hybridized carbons (Fsp3) is 0.294. The summed E-state index contributed by atoms with van der Waals surface area (Å²) in [6.45, 7) is 2.40. The van der Waals surface area contributed by atoms with Crippen LogP contribution < -0.4 is 5.32 Å². The molecule has 0 aliphatic carbocycles. The predicted octanol–water partition coefficient (Wildman–Crippen LogP) is 3.38. The zero-order chi connectivity index (χ0) is 15.9. The zero-order valence-corrected chi connectivity index (χ0v) is 13.4. The van der Waals surface area contributed by atoms with E-state index < -0.39 is 0 Å². The lowest BCUT2D eigenvalue weighted by atomic mass is 9.94. The Kier molecular flexibility index (Phi) is 5.92. The van der Waals surface area contributed by atoms with E-state index in [1.807, 2.05) is 43.3 Å². The second kappa shape index (κ2) is 7.92. The highest BCUT2D eigenvalue weighted by Crippen LogP contribution is 2.24. The van der Waals surface area contributed by atoms with Gasteiger partial charge in [0.05, 0.1) is 18.1 Å². The molecule has 0 saturated carbocycles. The van der Waals surface area contributed by atoms with Gasteiger partial charge in [-0.3, -0.25) is 9.78 Å². The normalized spacial score (nSPS) is 13.4. The summed E-state index contributed by atoms with van der Waals surface area (Å²) in [6.07, 6.45) is 3.31. The molecule has 4 nitrogen and oxygen atoms in total. The predicted molar refractivity (Wildman–Crippen MR) is 86.4 cm³/mol. The summed E-state index contributed by atoms with van der Waals surface area (Å²) in [5, 5.41) is 4.00. The molecule has 2 aromatic rings. The summed E-state index contributed by atoms with van der Waals surface area (Å²) in [7, 11) is 1.40. The fourth-order valence-corrected chi connectivity index (χ4v) is 2.52. The van der Waals surface area contributed by atoms with E-state index in [2.05, 4.69) is 10.3 Å². The van der Waals surface area contributed by atoms with Crippen molar-refractivity contribution >= 4 is 17.6 Å². The number of methoxy groups -OCH3 is 1. The second-order valence-corrected chi connectivity index (χ2v) is 5.46. The van der Waals surface area contributed by atoms with E-state index in [-0.39, 0.29) is 17.9 Å². The smallest absolute Gasteiger partial charge is 0.310 e. The van der Waals surface area contributed by atoms with Crippen molar-refractivity contribution in [3.05, 3.63) is 64.9 Å². The van der Waals surface area contributed by atoms with Crippen LogP contribution in [0.15, 0.2) is 48.8 Å². The summed E-state index contributed by atoms with van der Waals surface area (Å²) >= 11 is 6.13. The molecule has 0 radical (unpaired) electrons. The number of ether oxygens (including phenoxy) is 1. The second-order valence-electron chi connectivity index (χ2n) is 5.05. The van der Waals surface area contributed by atoms with E-state index in [1.54, 1.807) is 12.4 Å². The molecule has 5 heteroatoms. The van der Waals surface area contributed by atoms with E-state index in [0.717, 1.165) is 11.1 Å². The van der Waals surface area contributed by atoms with Crippen molar-refractivity contribution in [1.29, 1.82) is 0 Å². The molecule has 1 N–H and O–H groups in total. The summed E-state index contributed by atoms with van der Waals surface area (Å²) in [5.41, 5.74) is 1.97. The van der Waals surface area contributed by atoms with Crippen molar-refractivity contribution in [2.24, 2.45) is 5.92 Å². The summed E-state index contributed by atoms with van der Waals surface area (Å²) in [5.74, 6) is -0.560. The van der Waals surface area contributed by atoms with Crippen LogP contribution in [0.2, 0.25) is 5.02 Å². The largest absolute Gasteiger partial charge is 0.469 e. The van der Waals surface area contributed by atoms with E-state index in [1.165, 1.54) is 7.11 Å². The number of aromatic nitrogens is 1. The van der Waals surface area contributed by atoms with Crippen molar-refractivity contribution in [3.63, 3.8) is 0 Å². The Morgan fingerprint density at radius 1 is 1.32 bits per heavy atom. The minimum absolute atomic E-state index is 0.155.